The molecule has 8 heteroatoms. The molecule has 1 unspecified atom stereocenters. The van der Waals surface area contributed by atoms with E-state index in [1.165, 1.54) is 4.90 Å². The molecule has 168 valence electrons. The lowest BCUT2D eigenvalue weighted by molar-refractivity contribution is 0.0659. The van der Waals surface area contributed by atoms with Crippen LogP contribution in [-0.4, -0.2) is 72.9 Å². The van der Waals surface area contributed by atoms with Crippen molar-refractivity contribution in [2.24, 2.45) is 4.99 Å². The van der Waals surface area contributed by atoms with Gasteiger partial charge in [0.25, 0.3) is 11.8 Å². The summed E-state index contributed by atoms with van der Waals surface area (Å²) < 4.78 is 0. The van der Waals surface area contributed by atoms with E-state index in [9.17, 15) is 9.59 Å². The van der Waals surface area contributed by atoms with Crippen molar-refractivity contribution in [1.29, 1.82) is 0 Å². The van der Waals surface area contributed by atoms with Gasteiger partial charge in [-0.25, -0.2) is 0 Å². The number of rotatable bonds is 11. The van der Waals surface area contributed by atoms with Crippen LogP contribution in [0.25, 0.3) is 0 Å². The number of guanidine groups is 1. The molecule has 0 radical (unpaired) electrons. The van der Waals surface area contributed by atoms with E-state index in [0.717, 1.165) is 45.0 Å². The molecule has 1 aliphatic rings. The molecule has 0 saturated heterocycles. The Bertz CT molecular complexity index is 686. The predicted molar refractivity (Wildman–Crippen MR) is 133 cm³/mol. The second-order valence-corrected chi connectivity index (χ2v) is 7.28. The minimum absolute atomic E-state index is 0. The average molecular weight is 529 g/mol. The summed E-state index contributed by atoms with van der Waals surface area (Å²) >= 11 is 0. The first kappa shape index (κ1) is 26.4. The van der Waals surface area contributed by atoms with Gasteiger partial charge < -0.3 is 15.5 Å². The van der Waals surface area contributed by atoms with Crippen LogP contribution in [0.1, 0.15) is 61.3 Å². The van der Waals surface area contributed by atoms with Crippen molar-refractivity contribution < 1.29 is 9.59 Å². The number of amides is 2. The maximum absolute atomic E-state index is 12.4. The number of fused-ring (bicyclic) bond motifs is 1. The predicted octanol–water partition coefficient (Wildman–Crippen LogP) is 2.97. The zero-order valence-electron chi connectivity index (χ0n) is 18.6. The second-order valence-electron chi connectivity index (χ2n) is 7.28. The number of halogens is 1. The zero-order chi connectivity index (χ0) is 21.2. The Morgan fingerprint density at radius 1 is 1.10 bits per heavy atom. The molecule has 0 bridgehead atoms. The Labute approximate surface area is 197 Å². The standard InChI is InChI=1S/C22H35N5O2.HI/c1-5-23-22(25-17(4)11-10-15-26(6-2)7-3)24-14-16-27-20(28)18-12-8-9-13-19(18)21(27)29;/h8-9,12-13,17H,5-7,10-11,14-16H2,1-4H3,(H2,23,24,25);1H. The van der Waals surface area contributed by atoms with Crippen molar-refractivity contribution in [3.05, 3.63) is 35.4 Å². The van der Waals surface area contributed by atoms with Crippen LogP contribution in [0.3, 0.4) is 0 Å². The number of nitrogens with zero attached hydrogens (tertiary/aromatic N) is 3. The molecular formula is C22H36IN5O2. The SMILES string of the molecule is CCNC(=NCCN1C(=O)c2ccccc2C1=O)NC(C)CCCN(CC)CC.I. The molecule has 0 spiro atoms. The van der Waals surface area contributed by atoms with E-state index in [2.05, 4.69) is 41.3 Å². The minimum Gasteiger partial charge on any atom is -0.357 e. The number of aliphatic imine (C=N–C) groups is 1. The molecule has 2 amide bonds. The second kappa shape index (κ2) is 13.6. The Balaban J connectivity index is 0.00000450. The van der Waals surface area contributed by atoms with Gasteiger partial charge in [-0.1, -0.05) is 26.0 Å². The fourth-order valence-electron chi connectivity index (χ4n) is 3.49. The normalized spacial score (nSPS) is 14.6. The number of benzene rings is 1. The fraction of sp³-hybridized carbons (Fsp3) is 0.591. The third-order valence-electron chi connectivity index (χ3n) is 5.20. The quantitative estimate of drug-likeness (QED) is 0.200. The third kappa shape index (κ3) is 7.23. The lowest BCUT2D eigenvalue weighted by Gasteiger charge is -2.21. The van der Waals surface area contributed by atoms with Gasteiger partial charge in [0.2, 0.25) is 0 Å². The smallest absolute Gasteiger partial charge is 0.261 e. The summed E-state index contributed by atoms with van der Waals surface area (Å²) in [5, 5.41) is 6.66. The fourth-order valence-corrected chi connectivity index (χ4v) is 3.49. The number of carbonyl (C=O) groups excluding carboxylic acids is 2. The number of hydrogen-bond donors (Lipinski definition) is 2. The summed E-state index contributed by atoms with van der Waals surface area (Å²) in [5.74, 6) is 0.256. The molecule has 0 aliphatic carbocycles. The first-order valence-corrected chi connectivity index (χ1v) is 10.7. The van der Waals surface area contributed by atoms with Crippen molar-refractivity contribution in [3.8, 4) is 0 Å². The number of nitrogens with one attached hydrogen (secondary N) is 2. The van der Waals surface area contributed by atoms with E-state index in [4.69, 9.17) is 0 Å². The van der Waals surface area contributed by atoms with Crippen LogP contribution in [0.5, 0.6) is 0 Å². The van der Waals surface area contributed by atoms with E-state index in [-0.39, 0.29) is 42.3 Å². The van der Waals surface area contributed by atoms with Crippen LogP contribution < -0.4 is 10.6 Å². The zero-order valence-corrected chi connectivity index (χ0v) is 20.9. The summed E-state index contributed by atoms with van der Waals surface area (Å²) in [4.78, 5) is 33.1. The van der Waals surface area contributed by atoms with Crippen LogP contribution in [-0.2, 0) is 0 Å². The summed E-state index contributed by atoms with van der Waals surface area (Å²) in [7, 11) is 0. The van der Waals surface area contributed by atoms with Crippen molar-refractivity contribution in [2.45, 2.75) is 46.6 Å². The highest BCUT2D eigenvalue weighted by Crippen LogP contribution is 2.21. The van der Waals surface area contributed by atoms with Crippen LogP contribution in [0, 0.1) is 0 Å². The first-order chi connectivity index (χ1) is 14.0. The molecule has 0 saturated carbocycles. The van der Waals surface area contributed by atoms with E-state index >= 15 is 0 Å². The van der Waals surface area contributed by atoms with E-state index in [0.29, 0.717) is 23.7 Å². The molecule has 2 N–H and O–H groups in total. The van der Waals surface area contributed by atoms with Gasteiger partial charge in [0.1, 0.15) is 0 Å². The summed E-state index contributed by atoms with van der Waals surface area (Å²) in [6, 6.07) is 7.25. The molecule has 1 aromatic carbocycles. The Kier molecular flexibility index (Phi) is 11.9. The van der Waals surface area contributed by atoms with Gasteiger partial charge >= 0.3 is 0 Å². The van der Waals surface area contributed by atoms with Crippen molar-refractivity contribution in [3.63, 3.8) is 0 Å². The lowest BCUT2D eigenvalue weighted by Crippen LogP contribution is -2.43. The average Bonchev–Trinajstić information content (AvgIpc) is 2.96. The van der Waals surface area contributed by atoms with E-state index < -0.39 is 0 Å². The molecule has 30 heavy (non-hydrogen) atoms. The number of carbonyl (C=O) groups is 2. The van der Waals surface area contributed by atoms with Gasteiger partial charge in [-0.3, -0.25) is 19.5 Å². The number of hydrogen-bond acceptors (Lipinski definition) is 4. The van der Waals surface area contributed by atoms with E-state index in [1.54, 1.807) is 24.3 Å². The van der Waals surface area contributed by atoms with Crippen molar-refractivity contribution in [1.82, 2.24) is 20.4 Å². The Hall–Kier alpha value is -1.68. The van der Waals surface area contributed by atoms with E-state index in [1.807, 2.05) is 6.92 Å². The van der Waals surface area contributed by atoms with Crippen molar-refractivity contribution >= 4 is 41.8 Å². The summed E-state index contributed by atoms with van der Waals surface area (Å²) in [5.41, 5.74) is 0.960. The highest BCUT2D eigenvalue weighted by atomic mass is 127. The van der Waals surface area contributed by atoms with Gasteiger partial charge in [0, 0.05) is 19.1 Å². The topological polar surface area (TPSA) is 77.0 Å². The molecule has 1 heterocycles. The third-order valence-corrected chi connectivity index (χ3v) is 5.20. The van der Waals surface area contributed by atoms with Crippen LogP contribution in [0.2, 0.25) is 0 Å². The number of imide groups is 1. The monoisotopic (exact) mass is 529 g/mol. The largest absolute Gasteiger partial charge is 0.357 e. The van der Waals surface area contributed by atoms with Gasteiger partial charge in [-0.15, -0.1) is 24.0 Å². The molecule has 0 aromatic heterocycles. The maximum Gasteiger partial charge on any atom is 0.261 e. The van der Waals surface area contributed by atoms with Gasteiger partial charge in [-0.05, 0) is 58.5 Å². The minimum atomic E-state index is -0.233. The molecular weight excluding hydrogens is 493 g/mol. The molecule has 1 aliphatic heterocycles. The van der Waals surface area contributed by atoms with Crippen LogP contribution in [0.4, 0.5) is 0 Å². The van der Waals surface area contributed by atoms with Crippen LogP contribution in [0.15, 0.2) is 29.3 Å². The van der Waals surface area contributed by atoms with Crippen molar-refractivity contribution in [2.75, 3.05) is 39.3 Å². The summed E-state index contributed by atoms with van der Waals surface area (Å²) in [6.45, 7) is 13.2. The molecule has 1 atom stereocenters. The Morgan fingerprint density at radius 2 is 1.70 bits per heavy atom. The molecule has 2 rings (SSSR count). The van der Waals surface area contributed by atoms with Crippen LogP contribution >= 0.6 is 24.0 Å². The Morgan fingerprint density at radius 3 is 2.23 bits per heavy atom. The van der Waals surface area contributed by atoms with Gasteiger partial charge in [0.05, 0.1) is 17.7 Å². The molecule has 1 aromatic rings. The first-order valence-electron chi connectivity index (χ1n) is 10.7. The summed E-state index contributed by atoms with van der Waals surface area (Å²) in [6.07, 6.45) is 2.18. The lowest BCUT2D eigenvalue weighted by atomic mass is 10.1. The highest BCUT2D eigenvalue weighted by Gasteiger charge is 2.34. The van der Waals surface area contributed by atoms with Gasteiger partial charge in [-0.2, -0.15) is 0 Å². The molecule has 0 fully saturated rings. The van der Waals surface area contributed by atoms with Gasteiger partial charge in [0.15, 0.2) is 5.96 Å². The highest BCUT2D eigenvalue weighted by molar-refractivity contribution is 14.0. The molecule has 7 nitrogen and oxygen atoms in total. The maximum atomic E-state index is 12.4.